The van der Waals surface area contributed by atoms with Crippen LogP contribution in [0.2, 0.25) is 0 Å². The van der Waals surface area contributed by atoms with Crippen molar-refractivity contribution in [2.24, 2.45) is 0 Å². The molecule has 0 radical (unpaired) electrons. The van der Waals surface area contributed by atoms with Gasteiger partial charge >= 0.3 is 0 Å². The van der Waals surface area contributed by atoms with Gasteiger partial charge in [0.25, 0.3) is 0 Å². The van der Waals surface area contributed by atoms with Crippen molar-refractivity contribution in [3.63, 3.8) is 0 Å². The summed E-state index contributed by atoms with van der Waals surface area (Å²) in [5, 5.41) is 0. The van der Waals surface area contributed by atoms with Crippen LogP contribution in [0.1, 0.15) is 13.8 Å². The molecule has 2 saturated heterocycles. The van der Waals surface area contributed by atoms with Crippen LogP contribution in [0, 0.1) is 0 Å². The van der Waals surface area contributed by atoms with Crippen LogP contribution in [-0.2, 0) is 14.3 Å². The van der Waals surface area contributed by atoms with E-state index in [9.17, 15) is 4.79 Å². The zero-order valence-electron chi connectivity index (χ0n) is 9.23. The Morgan fingerprint density at radius 1 is 1.53 bits per heavy atom. The van der Waals surface area contributed by atoms with Crippen LogP contribution >= 0.6 is 0 Å². The van der Waals surface area contributed by atoms with Gasteiger partial charge in [-0.05, 0) is 19.9 Å². The third kappa shape index (κ3) is 1.92. The van der Waals surface area contributed by atoms with E-state index in [0.29, 0.717) is 19.8 Å². The normalized spacial score (nSPS) is 33.6. The second-order valence-corrected chi connectivity index (χ2v) is 4.69. The van der Waals surface area contributed by atoms with Gasteiger partial charge in [0, 0.05) is 6.54 Å². The van der Waals surface area contributed by atoms with E-state index >= 15 is 0 Å². The maximum atomic E-state index is 11.7. The quantitative estimate of drug-likeness (QED) is 0.595. The predicted octanol–water partition coefficient (Wildman–Crippen LogP) is 0.577. The largest absolute Gasteiger partial charge is 0.376 e. The van der Waals surface area contributed by atoms with Crippen molar-refractivity contribution in [2.75, 3.05) is 19.8 Å². The van der Waals surface area contributed by atoms with Crippen molar-refractivity contribution >= 4 is 5.91 Å². The van der Waals surface area contributed by atoms with Crippen LogP contribution in [0.4, 0.5) is 0 Å². The van der Waals surface area contributed by atoms with E-state index in [1.807, 2.05) is 18.7 Å². The maximum Gasteiger partial charge on any atom is 0.246 e. The van der Waals surface area contributed by atoms with Gasteiger partial charge in [0.2, 0.25) is 5.91 Å². The summed E-state index contributed by atoms with van der Waals surface area (Å²) in [6.07, 6.45) is 1.37. The van der Waals surface area contributed by atoms with Crippen LogP contribution < -0.4 is 0 Å². The molecule has 0 saturated carbocycles. The smallest absolute Gasteiger partial charge is 0.246 e. The predicted molar refractivity (Wildman–Crippen MR) is 55.5 cm³/mol. The second-order valence-electron chi connectivity index (χ2n) is 4.69. The molecule has 84 valence electrons. The number of ether oxygens (including phenoxy) is 2. The zero-order valence-corrected chi connectivity index (χ0v) is 9.23. The molecule has 0 aliphatic carbocycles. The molecule has 4 nitrogen and oxygen atoms in total. The fourth-order valence-electron chi connectivity index (χ4n) is 2.26. The Morgan fingerprint density at radius 2 is 2.27 bits per heavy atom. The number of amides is 1. The van der Waals surface area contributed by atoms with Gasteiger partial charge < -0.3 is 14.4 Å². The van der Waals surface area contributed by atoms with E-state index in [1.54, 1.807) is 0 Å². The van der Waals surface area contributed by atoms with E-state index in [2.05, 4.69) is 6.58 Å². The molecule has 15 heavy (non-hydrogen) atoms. The van der Waals surface area contributed by atoms with Gasteiger partial charge in [-0.1, -0.05) is 6.58 Å². The Labute approximate surface area is 89.8 Å². The molecule has 2 atom stereocenters. The lowest BCUT2D eigenvalue weighted by Crippen LogP contribution is -2.59. The molecule has 0 aromatic carbocycles. The van der Waals surface area contributed by atoms with Crippen LogP contribution in [-0.4, -0.2) is 48.3 Å². The Hall–Kier alpha value is -0.870. The molecular weight excluding hydrogens is 194 g/mol. The van der Waals surface area contributed by atoms with Crippen molar-refractivity contribution in [1.29, 1.82) is 0 Å². The van der Waals surface area contributed by atoms with Gasteiger partial charge in [-0.3, -0.25) is 4.79 Å². The van der Waals surface area contributed by atoms with Gasteiger partial charge in [-0.2, -0.15) is 0 Å². The summed E-state index contributed by atoms with van der Waals surface area (Å²) in [4.78, 5) is 13.5. The first kappa shape index (κ1) is 10.6. The van der Waals surface area contributed by atoms with Crippen LogP contribution in [0.25, 0.3) is 0 Å². The lowest BCUT2D eigenvalue weighted by molar-refractivity contribution is -0.165. The molecular formula is C11H17NO3. The van der Waals surface area contributed by atoms with Crippen molar-refractivity contribution in [1.82, 2.24) is 4.90 Å². The molecule has 2 rings (SSSR count). The van der Waals surface area contributed by atoms with Crippen LogP contribution in [0.5, 0.6) is 0 Å². The number of carbonyl (C=O) groups excluding carboxylic acids is 1. The maximum absolute atomic E-state index is 11.7. The fraction of sp³-hybridized carbons (Fsp3) is 0.727. The molecule has 0 unspecified atom stereocenters. The minimum atomic E-state index is -0.298. The summed E-state index contributed by atoms with van der Waals surface area (Å²) in [6.45, 7) is 9.25. The van der Waals surface area contributed by atoms with Gasteiger partial charge in [0.15, 0.2) is 0 Å². The van der Waals surface area contributed by atoms with Gasteiger partial charge in [-0.25, -0.2) is 0 Å². The number of carbonyl (C=O) groups is 1. The summed E-state index contributed by atoms with van der Waals surface area (Å²) in [7, 11) is 0. The Balaban J connectivity index is 2.20. The lowest BCUT2D eigenvalue weighted by atomic mass is 10.0. The Bertz CT molecular complexity index is 288. The van der Waals surface area contributed by atoms with Gasteiger partial charge in [-0.15, -0.1) is 0 Å². The highest BCUT2D eigenvalue weighted by molar-refractivity contribution is 5.87. The van der Waals surface area contributed by atoms with Crippen molar-refractivity contribution in [2.45, 2.75) is 31.6 Å². The van der Waals surface area contributed by atoms with Crippen molar-refractivity contribution in [3.05, 3.63) is 12.7 Å². The standard InChI is InChI=1S/C11H17NO3/c1-4-10(13)12-7-11(2,3)15-9-6-14-5-8(9)12/h4,8-9H,1,5-7H2,2-3H3/t8-,9-/m1/s1. The number of morpholine rings is 1. The van der Waals surface area contributed by atoms with E-state index < -0.39 is 0 Å². The molecule has 2 aliphatic rings. The van der Waals surface area contributed by atoms with Crippen LogP contribution in [0.15, 0.2) is 12.7 Å². The monoisotopic (exact) mass is 211 g/mol. The molecule has 1 amide bonds. The highest BCUT2D eigenvalue weighted by Gasteiger charge is 2.45. The summed E-state index contributed by atoms with van der Waals surface area (Å²) in [5.41, 5.74) is -0.298. The number of fused-ring (bicyclic) bond motifs is 1. The number of hydrogen-bond donors (Lipinski definition) is 0. The van der Waals surface area contributed by atoms with Crippen molar-refractivity contribution < 1.29 is 14.3 Å². The molecule has 2 heterocycles. The SMILES string of the molecule is C=CC(=O)N1CC(C)(C)O[C@@H]2COC[C@H]21. The average Bonchev–Trinajstić information content (AvgIpc) is 2.61. The molecule has 0 N–H and O–H groups in total. The van der Waals surface area contributed by atoms with Crippen molar-refractivity contribution in [3.8, 4) is 0 Å². The van der Waals surface area contributed by atoms with E-state index in [0.717, 1.165) is 0 Å². The summed E-state index contributed by atoms with van der Waals surface area (Å²) >= 11 is 0. The molecule has 0 spiro atoms. The van der Waals surface area contributed by atoms with E-state index in [1.165, 1.54) is 6.08 Å². The topological polar surface area (TPSA) is 38.8 Å². The first-order chi connectivity index (χ1) is 7.03. The fourth-order valence-corrected chi connectivity index (χ4v) is 2.26. The van der Waals surface area contributed by atoms with E-state index in [4.69, 9.17) is 9.47 Å². The summed E-state index contributed by atoms with van der Waals surface area (Å²) in [6, 6.07) is 0.0588. The summed E-state index contributed by atoms with van der Waals surface area (Å²) in [5.74, 6) is -0.0353. The van der Waals surface area contributed by atoms with Gasteiger partial charge in [0.1, 0.15) is 6.10 Å². The minimum absolute atomic E-state index is 0.0117. The molecule has 0 aromatic heterocycles. The third-order valence-corrected chi connectivity index (χ3v) is 2.88. The molecule has 4 heteroatoms. The average molecular weight is 211 g/mol. The minimum Gasteiger partial charge on any atom is -0.376 e. The van der Waals surface area contributed by atoms with E-state index in [-0.39, 0.29) is 23.7 Å². The summed E-state index contributed by atoms with van der Waals surface area (Å²) < 4.78 is 11.2. The second kappa shape index (κ2) is 3.61. The number of hydrogen-bond acceptors (Lipinski definition) is 3. The molecule has 0 bridgehead atoms. The highest BCUT2D eigenvalue weighted by atomic mass is 16.6. The Kier molecular flexibility index (Phi) is 2.56. The number of rotatable bonds is 1. The third-order valence-electron chi connectivity index (χ3n) is 2.88. The van der Waals surface area contributed by atoms with Crippen LogP contribution in [0.3, 0.4) is 0 Å². The highest BCUT2D eigenvalue weighted by Crippen LogP contribution is 2.29. The van der Waals surface area contributed by atoms with Gasteiger partial charge in [0.05, 0.1) is 24.9 Å². The first-order valence-electron chi connectivity index (χ1n) is 5.22. The first-order valence-corrected chi connectivity index (χ1v) is 5.22. The zero-order chi connectivity index (χ0) is 11.1. The Morgan fingerprint density at radius 3 is 2.93 bits per heavy atom. The lowest BCUT2D eigenvalue weighted by Gasteiger charge is -2.44. The molecule has 2 fully saturated rings. The molecule has 2 aliphatic heterocycles. The molecule has 0 aromatic rings. The number of nitrogens with zero attached hydrogens (tertiary/aromatic N) is 1.